The summed E-state index contributed by atoms with van der Waals surface area (Å²) in [6.07, 6.45) is 0. The molecule has 1 aliphatic rings. The van der Waals surface area contributed by atoms with Crippen LogP contribution in [0.3, 0.4) is 0 Å². The van der Waals surface area contributed by atoms with Crippen molar-refractivity contribution in [3.05, 3.63) is 29.8 Å². The van der Waals surface area contributed by atoms with Gasteiger partial charge in [0.05, 0.1) is 6.54 Å². The predicted octanol–water partition coefficient (Wildman–Crippen LogP) is 0.310. The Bertz CT molecular complexity index is 533. The molecular weight excluding hydrogens is 282 g/mol. The average Bonchev–Trinajstić information content (AvgIpc) is 2.52. The lowest BCUT2D eigenvalue weighted by Crippen LogP contribution is -2.59. The van der Waals surface area contributed by atoms with Crippen LogP contribution in [0.1, 0.15) is 12.5 Å². The maximum Gasteiger partial charge on any atom is 0.244 e. The van der Waals surface area contributed by atoms with Crippen molar-refractivity contribution in [2.75, 3.05) is 32.8 Å². The van der Waals surface area contributed by atoms with Gasteiger partial charge in [-0.15, -0.1) is 0 Å². The number of carbonyl (C=O) groups is 2. The molecule has 0 spiro atoms. The van der Waals surface area contributed by atoms with Crippen molar-refractivity contribution >= 4 is 11.8 Å². The Hall–Kier alpha value is -2.08. The number of hydrogen-bond donors (Lipinski definition) is 2. The van der Waals surface area contributed by atoms with E-state index in [1.54, 1.807) is 4.90 Å². The quantitative estimate of drug-likeness (QED) is 0.768. The van der Waals surface area contributed by atoms with E-state index in [9.17, 15) is 9.59 Å². The Labute approximate surface area is 130 Å². The highest BCUT2D eigenvalue weighted by atomic mass is 16.5. The van der Waals surface area contributed by atoms with Crippen molar-refractivity contribution in [2.24, 2.45) is 0 Å². The second-order valence-corrected chi connectivity index (χ2v) is 5.34. The molecule has 0 saturated carbocycles. The lowest BCUT2D eigenvalue weighted by Gasteiger charge is -2.34. The van der Waals surface area contributed by atoms with Crippen LogP contribution in [0, 0.1) is 6.92 Å². The zero-order valence-electron chi connectivity index (χ0n) is 13.1. The topological polar surface area (TPSA) is 70.7 Å². The minimum Gasteiger partial charge on any atom is -0.491 e. The summed E-state index contributed by atoms with van der Waals surface area (Å²) in [5, 5.41) is 5.97. The van der Waals surface area contributed by atoms with E-state index < -0.39 is 6.04 Å². The molecule has 0 aliphatic carbocycles. The molecule has 1 saturated heterocycles. The lowest BCUT2D eigenvalue weighted by molar-refractivity contribution is -0.140. The molecule has 1 aromatic carbocycles. The fourth-order valence-electron chi connectivity index (χ4n) is 2.49. The third-order valence-corrected chi connectivity index (χ3v) is 3.70. The summed E-state index contributed by atoms with van der Waals surface area (Å²) in [6, 6.07) is 7.31. The summed E-state index contributed by atoms with van der Waals surface area (Å²) >= 11 is 0. The van der Waals surface area contributed by atoms with Crippen molar-refractivity contribution in [3.63, 3.8) is 0 Å². The highest BCUT2D eigenvalue weighted by molar-refractivity contribution is 5.87. The van der Waals surface area contributed by atoms with E-state index in [1.165, 1.54) is 6.92 Å². The highest BCUT2D eigenvalue weighted by Crippen LogP contribution is 2.15. The third kappa shape index (κ3) is 4.21. The molecule has 6 nitrogen and oxygen atoms in total. The van der Waals surface area contributed by atoms with Crippen LogP contribution in [0.2, 0.25) is 0 Å². The number of hydrogen-bond acceptors (Lipinski definition) is 4. The molecule has 0 bridgehead atoms. The van der Waals surface area contributed by atoms with Gasteiger partial charge in [-0.05, 0) is 18.6 Å². The number of piperazine rings is 1. The van der Waals surface area contributed by atoms with Crippen LogP contribution in [0.5, 0.6) is 5.75 Å². The molecule has 120 valence electrons. The van der Waals surface area contributed by atoms with Crippen LogP contribution in [0.25, 0.3) is 0 Å². The number of rotatable bonds is 5. The molecule has 0 aromatic heterocycles. The van der Waals surface area contributed by atoms with Gasteiger partial charge in [0.15, 0.2) is 0 Å². The van der Waals surface area contributed by atoms with E-state index in [-0.39, 0.29) is 11.8 Å². The lowest BCUT2D eigenvalue weighted by atomic mass is 10.1. The van der Waals surface area contributed by atoms with E-state index in [2.05, 4.69) is 10.6 Å². The van der Waals surface area contributed by atoms with Crippen LogP contribution in [0.15, 0.2) is 24.3 Å². The molecule has 1 atom stereocenters. The molecule has 0 radical (unpaired) electrons. The molecule has 6 heteroatoms. The number of amides is 2. The zero-order chi connectivity index (χ0) is 15.9. The standard InChI is InChI=1S/C16H23N3O3/c1-12-5-3-4-6-15(12)22-10-8-18-16(21)14-11-17-7-9-19(14)13(2)20/h3-6,14,17H,7-11H2,1-2H3,(H,18,21). The first-order valence-electron chi connectivity index (χ1n) is 7.53. The third-order valence-electron chi connectivity index (χ3n) is 3.70. The number of ether oxygens (including phenoxy) is 1. The van der Waals surface area contributed by atoms with E-state index >= 15 is 0 Å². The molecule has 2 rings (SSSR count). The van der Waals surface area contributed by atoms with Crippen LogP contribution in [-0.4, -0.2) is 55.5 Å². The maximum atomic E-state index is 12.2. The van der Waals surface area contributed by atoms with Crippen LogP contribution in [-0.2, 0) is 9.59 Å². The SMILES string of the molecule is CC(=O)N1CCNCC1C(=O)NCCOc1ccccc1C. The Morgan fingerprint density at radius 3 is 2.91 bits per heavy atom. The molecule has 1 aromatic rings. The van der Waals surface area contributed by atoms with E-state index in [1.807, 2.05) is 31.2 Å². The van der Waals surface area contributed by atoms with E-state index in [0.717, 1.165) is 17.9 Å². The monoisotopic (exact) mass is 305 g/mol. The Balaban J connectivity index is 1.77. The van der Waals surface area contributed by atoms with E-state index in [4.69, 9.17) is 4.74 Å². The fourth-order valence-corrected chi connectivity index (χ4v) is 2.49. The molecule has 1 unspecified atom stereocenters. The Morgan fingerprint density at radius 1 is 1.41 bits per heavy atom. The normalized spacial score (nSPS) is 17.9. The van der Waals surface area contributed by atoms with Gasteiger partial charge in [0.2, 0.25) is 11.8 Å². The second-order valence-electron chi connectivity index (χ2n) is 5.34. The van der Waals surface area contributed by atoms with Crippen molar-refractivity contribution < 1.29 is 14.3 Å². The molecular formula is C16H23N3O3. The summed E-state index contributed by atoms with van der Waals surface area (Å²) in [4.78, 5) is 25.4. The van der Waals surface area contributed by atoms with Gasteiger partial charge >= 0.3 is 0 Å². The Kier molecular flexibility index (Phi) is 5.77. The summed E-state index contributed by atoms with van der Waals surface area (Å²) < 4.78 is 5.64. The summed E-state index contributed by atoms with van der Waals surface area (Å²) in [6.45, 7) is 6.06. The number of para-hydroxylation sites is 1. The zero-order valence-corrected chi connectivity index (χ0v) is 13.1. The Morgan fingerprint density at radius 2 is 2.18 bits per heavy atom. The molecule has 1 heterocycles. The first-order chi connectivity index (χ1) is 10.6. The molecule has 2 amide bonds. The van der Waals surface area contributed by atoms with Gasteiger partial charge in [-0.3, -0.25) is 9.59 Å². The van der Waals surface area contributed by atoms with Gasteiger partial charge in [0.1, 0.15) is 18.4 Å². The van der Waals surface area contributed by atoms with Crippen LogP contribution >= 0.6 is 0 Å². The average molecular weight is 305 g/mol. The summed E-state index contributed by atoms with van der Waals surface area (Å²) in [7, 11) is 0. The number of nitrogens with zero attached hydrogens (tertiary/aromatic N) is 1. The maximum absolute atomic E-state index is 12.2. The van der Waals surface area contributed by atoms with Gasteiger partial charge in [0, 0.05) is 26.6 Å². The number of aryl methyl sites for hydroxylation is 1. The van der Waals surface area contributed by atoms with Crippen molar-refractivity contribution in [2.45, 2.75) is 19.9 Å². The van der Waals surface area contributed by atoms with Gasteiger partial charge in [-0.25, -0.2) is 0 Å². The smallest absolute Gasteiger partial charge is 0.244 e. The molecule has 2 N–H and O–H groups in total. The minimum absolute atomic E-state index is 0.0715. The van der Waals surface area contributed by atoms with Gasteiger partial charge < -0.3 is 20.3 Å². The van der Waals surface area contributed by atoms with Crippen molar-refractivity contribution in [1.82, 2.24) is 15.5 Å². The van der Waals surface area contributed by atoms with Crippen molar-refractivity contribution in [1.29, 1.82) is 0 Å². The minimum atomic E-state index is -0.440. The van der Waals surface area contributed by atoms with Gasteiger partial charge in [-0.1, -0.05) is 18.2 Å². The molecule has 1 aliphatic heterocycles. The summed E-state index contributed by atoms with van der Waals surface area (Å²) in [5.41, 5.74) is 1.06. The van der Waals surface area contributed by atoms with E-state index in [0.29, 0.717) is 26.2 Å². The van der Waals surface area contributed by atoms with Gasteiger partial charge in [-0.2, -0.15) is 0 Å². The van der Waals surface area contributed by atoms with Crippen LogP contribution in [0.4, 0.5) is 0 Å². The molecule has 22 heavy (non-hydrogen) atoms. The number of benzene rings is 1. The first kappa shape index (κ1) is 16.3. The first-order valence-corrected chi connectivity index (χ1v) is 7.53. The highest BCUT2D eigenvalue weighted by Gasteiger charge is 2.29. The summed E-state index contributed by atoms with van der Waals surface area (Å²) in [5.74, 6) is 0.607. The van der Waals surface area contributed by atoms with Crippen LogP contribution < -0.4 is 15.4 Å². The second kappa shape index (κ2) is 7.79. The van der Waals surface area contributed by atoms with Gasteiger partial charge in [0.25, 0.3) is 0 Å². The number of nitrogens with one attached hydrogen (secondary N) is 2. The fraction of sp³-hybridized carbons (Fsp3) is 0.500. The largest absolute Gasteiger partial charge is 0.491 e. The molecule has 1 fully saturated rings. The van der Waals surface area contributed by atoms with Crippen molar-refractivity contribution in [3.8, 4) is 5.75 Å². The number of carbonyl (C=O) groups excluding carboxylic acids is 2. The predicted molar refractivity (Wildman–Crippen MR) is 83.7 cm³/mol.